The van der Waals surface area contributed by atoms with Crippen molar-refractivity contribution in [3.63, 3.8) is 0 Å². The van der Waals surface area contributed by atoms with Crippen LogP contribution in [0.1, 0.15) is 23.0 Å². The quantitative estimate of drug-likeness (QED) is 0.848. The fraction of sp³-hybridized carbons (Fsp3) is 0.333. The van der Waals surface area contributed by atoms with Gasteiger partial charge in [0.1, 0.15) is 5.82 Å². The van der Waals surface area contributed by atoms with Gasteiger partial charge in [-0.3, -0.25) is 5.10 Å². The lowest BCUT2D eigenvalue weighted by Crippen LogP contribution is -2.19. The first kappa shape index (κ1) is 10.8. The van der Waals surface area contributed by atoms with Crippen molar-refractivity contribution in [2.75, 3.05) is 0 Å². The summed E-state index contributed by atoms with van der Waals surface area (Å²) in [5, 5.41) is 8.13. The van der Waals surface area contributed by atoms with Crippen molar-refractivity contribution in [1.82, 2.24) is 15.2 Å². The molecule has 0 saturated carbocycles. The number of thioether (sulfide) groups is 1. The maximum absolute atomic E-state index is 6.26. The average molecular weight is 246 g/mol. The van der Waals surface area contributed by atoms with E-state index in [1.807, 2.05) is 13.0 Å². The molecule has 1 aliphatic carbocycles. The molecule has 1 aliphatic rings. The van der Waals surface area contributed by atoms with Crippen LogP contribution in [-0.4, -0.2) is 20.4 Å². The fourth-order valence-corrected chi connectivity index (χ4v) is 3.33. The van der Waals surface area contributed by atoms with Crippen LogP contribution in [0.3, 0.4) is 0 Å². The van der Waals surface area contributed by atoms with Crippen LogP contribution in [0.25, 0.3) is 0 Å². The Morgan fingerprint density at radius 3 is 2.94 bits per heavy atom. The molecule has 2 aromatic rings. The van der Waals surface area contributed by atoms with Crippen LogP contribution in [0.2, 0.25) is 0 Å². The molecule has 17 heavy (non-hydrogen) atoms. The number of nitrogens with zero attached hydrogens (tertiary/aromatic N) is 2. The normalized spacial score (nSPS) is 22.7. The first-order valence-corrected chi connectivity index (χ1v) is 6.51. The number of aromatic nitrogens is 3. The maximum Gasteiger partial charge on any atom is 0.208 e. The Bertz CT molecular complexity index is 537. The van der Waals surface area contributed by atoms with Crippen molar-refractivity contribution in [3.8, 4) is 0 Å². The third-order valence-corrected chi connectivity index (χ3v) is 4.23. The predicted octanol–water partition coefficient (Wildman–Crippen LogP) is 1.83. The predicted molar refractivity (Wildman–Crippen MR) is 67.8 cm³/mol. The molecule has 5 heteroatoms. The number of hydrogen-bond donors (Lipinski definition) is 2. The van der Waals surface area contributed by atoms with E-state index in [1.54, 1.807) is 11.8 Å². The van der Waals surface area contributed by atoms with E-state index in [2.05, 4.69) is 33.4 Å². The molecule has 4 nitrogen and oxygen atoms in total. The Hall–Kier alpha value is -1.33. The summed E-state index contributed by atoms with van der Waals surface area (Å²) < 4.78 is 0. The lowest BCUT2D eigenvalue weighted by atomic mass is 10.1. The highest BCUT2D eigenvalue weighted by atomic mass is 32.2. The first-order valence-electron chi connectivity index (χ1n) is 5.63. The third kappa shape index (κ3) is 1.96. The second kappa shape index (κ2) is 4.16. The van der Waals surface area contributed by atoms with E-state index in [4.69, 9.17) is 5.73 Å². The number of aryl methyl sites for hydroxylation is 1. The molecule has 1 aromatic heterocycles. The van der Waals surface area contributed by atoms with Crippen LogP contribution in [-0.2, 0) is 6.42 Å². The fourth-order valence-electron chi connectivity index (χ4n) is 2.21. The van der Waals surface area contributed by atoms with Gasteiger partial charge in [0.2, 0.25) is 5.16 Å². The van der Waals surface area contributed by atoms with Crippen LogP contribution < -0.4 is 5.73 Å². The summed E-state index contributed by atoms with van der Waals surface area (Å²) in [4.78, 5) is 4.31. The minimum absolute atomic E-state index is 0.0787. The number of nitrogens with one attached hydrogen (secondary N) is 1. The van der Waals surface area contributed by atoms with E-state index in [-0.39, 0.29) is 6.04 Å². The molecule has 0 amide bonds. The number of nitrogens with two attached hydrogens (primary N) is 1. The van der Waals surface area contributed by atoms with Crippen molar-refractivity contribution in [2.24, 2.45) is 5.73 Å². The number of fused-ring (bicyclic) bond motifs is 1. The number of rotatable bonds is 2. The van der Waals surface area contributed by atoms with Crippen LogP contribution >= 0.6 is 11.8 Å². The molecule has 88 valence electrons. The van der Waals surface area contributed by atoms with E-state index >= 15 is 0 Å². The summed E-state index contributed by atoms with van der Waals surface area (Å²) in [7, 11) is 0. The van der Waals surface area contributed by atoms with Gasteiger partial charge in [-0.05, 0) is 24.5 Å². The highest BCUT2D eigenvalue weighted by Gasteiger charge is 2.30. The van der Waals surface area contributed by atoms with E-state index < -0.39 is 0 Å². The molecular weight excluding hydrogens is 232 g/mol. The van der Waals surface area contributed by atoms with Gasteiger partial charge in [-0.1, -0.05) is 36.0 Å². The molecule has 0 bridgehead atoms. The van der Waals surface area contributed by atoms with Crippen LogP contribution in [0, 0.1) is 6.92 Å². The average Bonchev–Trinajstić information content (AvgIpc) is 2.86. The monoisotopic (exact) mass is 246 g/mol. The number of benzene rings is 1. The standard InChI is InChI=1S/C12H14N4S/c1-7-14-12(16-15-7)17-10-6-8-4-2-3-5-9(8)11(10)13/h2-5,10-11H,6,13H2,1H3,(H,14,15,16). The van der Waals surface area contributed by atoms with Crippen LogP contribution in [0.5, 0.6) is 0 Å². The third-order valence-electron chi connectivity index (χ3n) is 3.07. The Morgan fingerprint density at radius 2 is 2.24 bits per heavy atom. The number of aromatic amines is 1. The highest BCUT2D eigenvalue weighted by Crippen LogP contribution is 2.38. The van der Waals surface area contributed by atoms with Gasteiger partial charge >= 0.3 is 0 Å². The summed E-state index contributed by atoms with van der Waals surface area (Å²) in [5.74, 6) is 0.844. The van der Waals surface area contributed by atoms with Gasteiger partial charge in [0.05, 0.1) is 0 Å². The minimum atomic E-state index is 0.0787. The summed E-state index contributed by atoms with van der Waals surface area (Å²) >= 11 is 1.66. The molecule has 2 atom stereocenters. The zero-order valence-electron chi connectivity index (χ0n) is 9.55. The zero-order valence-corrected chi connectivity index (χ0v) is 10.4. The largest absolute Gasteiger partial charge is 0.323 e. The van der Waals surface area contributed by atoms with Crippen molar-refractivity contribution in [3.05, 3.63) is 41.2 Å². The Kier molecular flexibility index (Phi) is 2.64. The Labute approximate surface area is 104 Å². The molecule has 1 aromatic carbocycles. The molecule has 1 heterocycles. The van der Waals surface area contributed by atoms with Gasteiger partial charge in [-0.25, -0.2) is 4.98 Å². The Balaban J connectivity index is 1.80. The SMILES string of the molecule is Cc1nc(SC2Cc3ccccc3C2N)n[nH]1. The van der Waals surface area contributed by atoms with E-state index in [0.717, 1.165) is 17.4 Å². The minimum Gasteiger partial charge on any atom is -0.323 e. The molecule has 0 aliphatic heterocycles. The number of hydrogen-bond acceptors (Lipinski definition) is 4. The van der Waals surface area contributed by atoms with Gasteiger partial charge in [0, 0.05) is 11.3 Å². The number of H-pyrrole nitrogens is 1. The first-order chi connectivity index (χ1) is 8.24. The summed E-state index contributed by atoms with van der Waals surface area (Å²) in [5.41, 5.74) is 8.87. The van der Waals surface area contributed by atoms with Gasteiger partial charge in [-0.2, -0.15) is 0 Å². The molecule has 0 radical (unpaired) electrons. The molecule has 2 unspecified atom stereocenters. The van der Waals surface area contributed by atoms with Gasteiger partial charge in [0.15, 0.2) is 0 Å². The highest BCUT2D eigenvalue weighted by molar-refractivity contribution is 7.99. The molecule has 3 N–H and O–H groups in total. The van der Waals surface area contributed by atoms with E-state index in [0.29, 0.717) is 5.25 Å². The second-order valence-corrected chi connectivity index (χ2v) is 5.49. The Morgan fingerprint density at radius 1 is 1.41 bits per heavy atom. The van der Waals surface area contributed by atoms with Gasteiger partial charge < -0.3 is 5.73 Å². The second-order valence-electron chi connectivity index (χ2n) is 4.29. The maximum atomic E-state index is 6.26. The van der Waals surface area contributed by atoms with Crippen molar-refractivity contribution in [2.45, 2.75) is 29.8 Å². The van der Waals surface area contributed by atoms with Gasteiger partial charge in [-0.15, -0.1) is 5.10 Å². The van der Waals surface area contributed by atoms with Crippen molar-refractivity contribution < 1.29 is 0 Å². The molecule has 0 saturated heterocycles. The van der Waals surface area contributed by atoms with Crippen molar-refractivity contribution in [1.29, 1.82) is 0 Å². The summed E-state index contributed by atoms with van der Waals surface area (Å²) in [6.07, 6.45) is 0.996. The topological polar surface area (TPSA) is 67.6 Å². The summed E-state index contributed by atoms with van der Waals surface area (Å²) in [6.45, 7) is 1.90. The zero-order chi connectivity index (χ0) is 11.8. The smallest absolute Gasteiger partial charge is 0.208 e. The van der Waals surface area contributed by atoms with Gasteiger partial charge in [0.25, 0.3) is 0 Å². The van der Waals surface area contributed by atoms with E-state index in [9.17, 15) is 0 Å². The lowest BCUT2D eigenvalue weighted by molar-refractivity contribution is 0.728. The van der Waals surface area contributed by atoms with E-state index in [1.165, 1.54) is 11.1 Å². The lowest BCUT2D eigenvalue weighted by Gasteiger charge is -2.12. The summed E-state index contributed by atoms with van der Waals surface area (Å²) in [6, 6.07) is 8.45. The molecule has 0 spiro atoms. The molecular formula is C12H14N4S. The van der Waals surface area contributed by atoms with Crippen LogP contribution in [0.15, 0.2) is 29.4 Å². The molecule has 3 rings (SSSR count). The molecule has 0 fully saturated rings. The van der Waals surface area contributed by atoms with Crippen molar-refractivity contribution >= 4 is 11.8 Å². The van der Waals surface area contributed by atoms with Crippen LogP contribution in [0.4, 0.5) is 0 Å².